The number of amides is 1. The van der Waals surface area contributed by atoms with Gasteiger partial charge in [-0.05, 0) is 47.1 Å². The number of rotatable bonds is 6. The number of nitrogens with zero attached hydrogens (tertiary/aromatic N) is 1. The van der Waals surface area contributed by atoms with Gasteiger partial charge in [0.25, 0.3) is 0 Å². The highest BCUT2D eigenvalue weighted by molar-refractivity contribution is 5.83. The molecule has 34 heavy (non-hydrogen) atoms. The van der Waals surface area contributed by atoms with Crippen LogP contribution in [0.5, 0.6) is 0 Å². The number of quaternary nitrogens is 1. The SMILES string of the molecule is CC(C)(C)OC(=O)C[N+]12CCC(CC1)[C@@H](OC(=O)C(NC(=O)OC(C)(C)C)c1ccccc1)C2. The monoisotopic (exact) mass is 475 g/mol. The van der Waals surface area contributed by atoms with Crippen LogP contribution >= 0.6 is 0 Å². The Kier molecular flexibility index (Phi) is 7.60. The molecular formula is C26H39N2O6+. The molecule has 3 aliphatic heterocycles. The maximum atomic E-state index is 13.3. The minimum Gasteiger partial charge on any atom is -0.456 e. The van der Waals surface area contributed by atoms with Crippen LogP contribution in [0, 0.1) is 5.92 Å². The van der Waals surface area contributed by atoms with E-state index in [0.29, 0.717) is 16.6 Å². The zero-order chi connectivity index (χ0) is 25.1. The maximum Gasteiger partial charge on any atom is 0.408 e. The lowest BCUT2D eigenvalue weighted by atomic mass is 9.83. The minimum atomic E-state index is -0.981. The summed E-state index contributed by atoms with van der Waals surface area (Å²) >= 11 is 0. The van der Waals surface area contributed by atoms with Crippen molar-refractivity contribution in [1.82, 2.24) is 5.32 Å². The third kappa shape index (κ3) is 7.19. The number of benzene rings is 1. The van der Waals surface area contributed by atoms with Crippen molar-refractivity contribution in [2.24, 2.45) is 5.92 Å². The first-order valence-corrected chi connectivity index (χ1v) is 12.1. The molecule has 0 aliphatic carbocycles. The smallest absolute Gasteiger partial charge is 0.408 e. The number of esters is 2. The fourth-order valence-electron chi connectivity index (χ4n) is 4.79. The molecule has 0 radical (unpaired) electrons. The van der Waals surface area contributed by atoms with Crippen molar-refractivity contribution in [3.05, 3.63) is 35.9 Å². The van der Waals surface area contributed by atoms with Crippen LogP contribution in [0.1, 0.15) is 66.0 Å². The number of carbonyl (C=O) groups excluding carboxylic acids is 3. The lowest BCUT2D eigenvalue weighted by Crippen LogP contribution is -2.66. The van der Waals surface area contributed by atoms with Crippen LogP contribution in [-0.2, 0) is 23.8 Å². The number of fused-ring (bicyclic) bond motifs is 3. The topological polar surface area (TPSA) is 90.9 Å². The Balaban J connectivity index is 1.71. The normalized spacial score (nSPS) is 25.2. The number of ether oxygens (including phenoxy) is 3. The summed E-state index contributed by atoms with van der Waals surface area (Å²) in [5.41, 5.74) is -0.605. The van der Waals surface area contributed by atoms with Crippen LogP contribution < -0.4 is 5.32 Å². The van der Waals surface area contributed by atoms with Crippen molar-refractivity contribution in [2.45, 2.75) is 77.7 Å². The Morgan fingerprint density at radius 1 is 0.971 bits per heavy atom. The molecule has 2 bridgehead atoms. The second-order valence-corrected chi connectivity index (χ2v) is 11.5. The lowest BCUT2D eigenvalue weighted by molar-refractivity contribution is -0.939. The summed E-state index contributed by atoms with van der Waals surface area (Å²) in [4.78, 5) is 38.3. The van der Waals surface area contributed by atoms with E-state index in [4.69, 9.17) is 14.2 Å². The fourth-order valence-corrected chi connectivity index (χ4v) is 4.79. The van der Waals surface area contributed by atoms with Crippen molar-refractivity contribution in [1.29, 1.82) is 0 Å². The molecule has 1 N–H and O–H groups in total. The molecule has 0 saturated carbocycles. The van der Waals surface area contributed by atoms with Crippen LogP contribution in [0.25, 0.3) is 0 Å². The molecule has 188 valence electrons. The number of alkyl carbamates (subject to hydrolysis) is 1. The standard InChI is InChI=1S/C26H38N2O6/c1-25(2,3)33-21(29)17-28-14-12-18(13-15-28)20(16-28)32-23(30)22(19-10-8-7-9-11-19)27-24(31)34-26(4,5)6/h7-11,18,20,22H,12-17H2,1-6H3/p+1/t18?,20-,22?,28?/m0/s1. The Hall–Kier alpha value is -2.61. The molecule has 3 saturated heterocycles. The van der Waals surface area contributed by atoms with Gasteiger partial charge in [0.2, 0.25) is 0 Å². The van der Waals surface area contributed by atoms with Crippen LogP contribution in [0.3, 0.4) is 0 Å². The van der Waals surface area contributed by atoms with Crippen molar-refractivity contribution in [3.63, 3.8) is 0 Å². The molecule has 8 heteroatoms. The van der Waals surface area contributed by atoms with E-state index in [-0.39, 0.29) is 24.5 Å². The van der Waals surface area contributed by atoms with Gasteiger partial charge in [-0.1, -0.05) is 30.3 Å². The van der Waals surface area contributed by atoms with Crippen molar-refractivity contribution in [3.8, 4) is 0 Å². The molecule has 3 heterocycles. The lowest BCUT2D eigenvalue weighted by Gasteiger charge is -2.51. The third-order valence-electron chi connectivity index (χ3n) is 6.22. The molecule has 2 atom stereocenters. The molecule has 0 aromatic heterocycles. The molecule has 8 nitrogen and oxygen atoms in total. The van der Waals surface area contributed by atoms with E-state index < -0.39 is 29.3 Å². The van der Waals surface area contributed by atoms with E-state index in [1.165, 1.54) is 0 Å². The Morgan fingerprint density at radius 2 is 1.56 bits per heavy atom. The largest absolute Gasteiger partial charge is 0.456 e. The maximum absolute atomic E-state index is 13.3. The highest BCUT2D eigenvalue weighted by Gasteiger charge is 2.49. The summed E-state index contributed by atoms with van der Waals surface area (Å²) in [7, 11) is 0. The van der Waals surface area contributed by atoms with Crippen LogP contribution in [0.4, 0.5) is 4.79 Å². The van der Waals surface area contributed by atoms with Gasteiger partial charge in [0, 0.05) is 18.8 Å². The van der Waals surface area contributed by atoms with Crippen LogP contribution in [0.15, 0.2) is 30.3 Å². The van der Waals surface area contributed by atoms with E-state index in [1.54, 1.807) is 32.9 Å². The molecule has 1 aromatic carbocycles. The third-order valence-corrected chi connectivity index (χ3v) is 6.22. The van der Waals surface area contributed by atoms with Crippen LogP contribution in [-0.4, -0.2) is 66.0 Å². The zero-order valence-corrected chi connectivity index (χ0v) is 21.3. The molecule has 4 rings (SSSR count). The molecule has 1 amide bonds. The number of hydrogen-bond donors (Lipinski definition) is 1. The van der Waals surface area contributed by atoms with E-state index in [1.807, 2.05) is 39.0 Å². The second kappa shape index (κ2) is 9.94. The Morgan fingerprint density at radius 3 is 2.12 bits per heavy atom. The van der Waals surface area contributed by atoms with Crippen LogP contribution in [0.2, 0.25) is 0 Å². The van der Waals surface area contributed by atoms with Gasteiger partial charge >= 0.3 is 18.0 Å². The summed E-state index contributed by atoms with van der Waals surface area (Å²) in [6.45, 7) is 13.5. The summed E-state index contributed by atoms with van der Waals surface area (Å²) in [5.74, 6) is -0.501. The first-order chi connectivity index (χ1) is 15.8. The highest BCUT2D eigenvalue weighted by atomic mass is 16.6. The Labute approximate surface area is 202 Å². The molecular weight excluding hydrogens is 436 g/mol. The van der Waals surface area contributed by atoms with E-state index >= 15 is 0 Å². The predicted octanol–water partition coefficient (Wildman–Crippen LogP) is 3.75. The number of carbonyl (C=O) groups is 3. The molecule has 3 fully saturated rings. The quantitative estimate of drug-likeness (QED) is 0.383. The summed E-state index contributed by atoms with van der Waals surface area (Å²) < 4.78 is 17.5. The van der Waals surface area contributed by atoms with Gasteiger partial charge in [-0.3, -0.25) is 0 Å². The summed E-state index contributed by atoms with van der Waals surface area (Å²) in [5, 5.41) is 2.68. The van der Waals surface area contributed by atoms with E-state index in [0.717, 1.165) is 25.9 Å². The Bertz CT molecular complexity index is 879. The highest BCUT2D eigenvalue weighted by Crippen LogP contribution is 2.36. The van der Waals surface area contributed by atoms with Gasteiger partial charge in [-0.2, -0.15) is 0 Å². The number of nitrogens with one attached hydrogen (secondary N) is 1. The van der Waals surface area contributed by atoms with Crippen molar-refractivity contribution >= 4 is 18.0 Å². The first kappa shape index (κ1) is 26.0. The van der Waals surface area contributed by atoms with Gasteiger partial charge in [0.1, 0.15) is 17.7 Å². The minimum absolute atomic E-state index is 0.230. The van der Waals surface area contributed by atoms with Gasteiger partial charge < -0.3 is 24.0 Å². The average molecular weight is 476 g/mol. The molecule has 1 unspecified atom stereocenters. The van der Waals surface area contributed by atoms with Gasteiger partial charge in [0.05, 0.1) is 13.1 Å². The van der Waals surface area contributed by atoms with E-state index in [2.05, 4.69) is 5.32 Å². The van der Waals surface area contributed by atoms with Crippen molar-refractivity contribution < 1.29 is 33.1 Å². The summed E-state index contributed by atoms with van der Waals surface area (Å²) in [6, 6.07) is 8.03. The van der Waals surface area contributed by atoms with Crippen molar-refractivity contribution in [2.75, 3.05) is 26.2 Å². The summed E-state index contributed by atoms with van der Waals surface area (Å²) in [6.07, 6.45) is 0.775. The van der Waals surface area contributed by atoms with Gasteiger partial charge in [-0.25, -0.2) is 14.4 Å². The number of hydrogen-bond acceptors (Lipinski definition) is 6. The zero-order valence-electron chi connectivity index (χ0n) is 21.3. The fraction of sp³-hybridized carbons (Fsp3) is 0.654. The van der Waals surface area contributed by atoms with Gasteiger partial charge in [0.15, 0.2) is 18.7 Å². The first-order valence-electron chi connectivity index (χ1n) is 12.1. The molecule has 0 spiro atoms. The second-order valence-electron chi connectivity index (χ2n) is 11.5. The molecule has 3 aliphatic rings. The van der Waals surface area contributed by atoms with E-state index in [9.17, 15) is 14.4 Å². The number of piperidine rings is 3. The average Bonchev–Trinajstić information content (AvgIpc) is 2.70. The van der Waals surface area contributed by atoms with Gasteiger partial charge in [-0.15, -0.1) is 0 Å². The molecule has 1 aromatic rings. The predicted molar refractivity (Wildman–Crippen MR) is 127 cm³/mol.